The van der Waals surface area contributed by atoms with Gasteiger partial charge >= 0.3 is 0 Å². The number of hydrogen-bond acceptors (Lipinski definition) is 4. The van der Waals surface area contributed by atoms with Gasteiger partial charge in [0.15, 0.2) is 0 Å². The number of likely N-dealkylation sites (tertiary alicyclic amines) is 1. The average molecular weight is 427 g/mol. The molecule has 0 radical (unpaired) electrons. The molecule has 1 aliphatic rings. The number of amides is 1. The number of aliphatic hydroxyl groups is 1. The lowest BCUT2D eigenvalue weighted by Gasteiger charge is -2.18. The maximum absolute atomic E-state index is 13.0. The van der Waals surface area contributed by atoms with E-state index in [9.17, 15) is 17.6 Å². The van der Waals surface area contributed by atoms with Crippen molar-refractivity contribution in [3.05, 3.63) is 58.9 Å². The number of carbonyl (C=O) groups excluding carboxylic acids is 1. The molecule has 1 unspecified atom stereocenters. The van der Waals surface area contributed by atoms with Crippen LogP contribution in [0.1, 0.15) is 23.2 Å². The number of carbonyl (C=O) groups is 1. The lowest BCUT2D eigenvalue weighted by atomic mass is 10.1. The standard InChI is InChI=1S/C19H20ClFN2O4S/c20-17-6-1-14(19(25)23-9-7-13(12-23)8-10-24)11-18(17)22-28(26,27)16-4-2-15(21)3-5-16/h1-6,11,13,22,24H,7-10,12H2. The molecule has 0 aromatic heterocycles. The summed E-state index contributed by atoms with van der Waals surface area (Å²) in [7, 11) is -3.98. The molecule has 150 valence electrons. The minimum atomic E-state index is -3.98. The SMILES string of the molecule is O=C(c1ccc(Cl)c(NS(=O)(=O)c2ccc(F)cc2)c1)N1CCC(CCO)C1. The van der Waals surface area contributed by atoms with Gasteiger partial charge in [-0.2, -0.15) is 0 Å². The van der Waals surface area contributed by atoms with E-state index < -0.39 is 15.8 Å². The van der Waals surface area contributed by atoms with Crippen LogP contribution in [0.4, 0.5) is 10.1 Å². The molecule has 2 aromatic rings. The largest absolute Gasteiger partial charge is 0.396 e. The fraction of sp³-hybridized carbons (Fsp3) is 0.316. The molecule has 1 aliphatic heterocycles. The van der Waals surface area contributed by atoms with Gasteiger partial charge in [0, 0.05) is 25.3 Å². The average Bonchev–Trinajstić information content (AvgIpc) is 3.12. The van der Waals surface area contributed by atoms with Crippen molar-refractivity contribution in [1.82, 2.24) is 4.90 Å². The van der Waals surface area contributed by atoms with Crippen LogP contribution in [0.25, 0.3) is 0 Å². The highest BCUT2D eigenvalue weighted by Gasteiger charge is 2.27. The van der Waals surface area contributed by atoms with Crippen LogP contribution in [0.15, 0.2) is 47.4 Å². The van der Waals surface area contributed by atoms with Crippen molar-refractivity contribution in [3.63, 3.8) is 0 Å². The zero-order chi connectivity index (χ0) is 20.3. The van der Waals surface area contributed by atoms with Gasteiger partial charge in [-0.1, -0.05) is 11.6 Å². The molecule has 1 fully saturated rings. The number of sulfonamides is 1. The summed E-state index contributed by atoms with van der Waals surface area (Å²) >= 11 is 6.10. The molecule has 28 heavy (non-hydrogen) atoms. The fourth-order valence-electron chi connectivity index (χ4n) is 3.17. The van der Waals surface area contributed by atoms with Crippen LogP contribution in [0.3, 0.4) is 0 Å². The van der Waals surface area contributed by atoms with Crippen molar-refractivity contribution in [2.75, 3.05) is 24.4 Å². The third-order valence-corrected chi connectivity index (χ3v) is 6.40. The second kappa shape index (κ2) is 8.46. The van der Waals surface area contributed by atoms with Crippen LogP contribution in [0.5, 0.6) is 0 Å². The molecule has 1 amide bonds. The highest BCUT2D eigenvalue weighted by atomic mass is 35.5. The quantitative estimate of drug-likeness (QED) is 0.743. The highest BCUT2D eigenvalue weighted by Crippen LogP contribution is 2.28. The Kier molecular flexibility index (Phi) is 6.22. The number of aliphatic hydroxyl groups excluding tert-OH is 1. The first-order chi connectivity index (χ1) is 13.3. The number of hydrogen-bond donors (Lipinski definition) is 2. The predicted molar refractivity (Wildman–Crippen MR) is 104 cm³/mol. The van der Waals surface area contributed by atoms with E-state index in [1.807, 2.05) is 0 Å². The molecule has 0 saturated carbocycles. The summed E-state index contributed by atoms with van der Waals surface area (Å²) in [6.45, 7) is 1.23. The topological polar surface area (TPSA) is 86.7 Å². The molecule has 1 heterocycles. The third-order valence-electron chi connectivity index (χ3n) is 4.69. The van der Waals surface area contributed by atoms with Crippen LogP contribution in [-0.2, 0) is 10.0 Å². The van der Waals surface area contributed by atoms with Crippen molar-refractivity contribution in [1.29, 1.82) is 0 Å². The Hall–Kier alpha value is -2.16. The van der Waals surface area contributed by atoms with Gasteiger partial charge in [0.05, 0.1) is 15.6 Å². The molecule has 2 N–H and O–H groups in total. The van der Waals surface area contributed by atoms with E-state index in [1.165, 1.54) is 12.1 Å². The number of benzene rings is 2. The minimum absolute atomic E-state index is 0.0722. The molecule has 0 bridgehead atoms. The zero-order valence-electron chi connectivity index (χ0n) is 14.9. The summed E-state index contributed by atoms with van der Waals surface area (Å²) in [5.41, 5.74) is 0.383. The third kappa shape index (κ3) is 4.63. The van der Waals surface area contributed by atoms with Gasteiger partial charge in [0.2, 0.25) is 0 Å². The second-order valence-corrected chi connectivity index (χ2v) is 8.76. The van der Waals surface area contributed by atoms with E-state index in [-0.39, 0.29) is 34.0 Å². The van der Waals surface area contributed by atoms with Crippen molar-refractivity contribution in [3.8, 4) is 0 Å². The number of halogens is 2. The summed E-state index contributed by atoms with van der Waals surface area (Å²) < 4.78 is 40.4. The van der Waals surface area contributed by atoms with E-state index >= 15 is 0 Å². The maximum atomic E-state index is 13.0. The molecule has 1 saturated heterocycles. The lowest BCUT2D eigenvalue weighted by molar-refractivity contribution is 0.0785. The van der Waals surface area contributed by atoms with Gasteiger partial charge in [0.25, 0.3) is 15.9 Å². The summed E-state index contributed by atoms with van der Waals surface area (Å²) in [4.78, 5) is 14.3. The fourth-order valence-corrected chi connectivity index (χ4v) is 4.46. The van der Waals surface area contributed by atoms with Crippen molar-refractivity contribution >= 4 is 33.2 Å². The van der Waals surface area contributed by atoms with E-state index in [1.54, 1.807) is 11.0 Å². The molecule has 0 aliphatic carbocycles. The normalized spacial score (nSPS) is 17.0. The van der Waals surface area contributed by atoms with Crippen molar-refractivity contribution < 1.29 is 22.7 Å². The first-order valence-corrected chi connectivity index (χ1v) is 10.6. The summed E-state index contributed by atoms with van der Waals surface area (Å²) in [5, 5.41) is 9.19. The monoisotopic (exact) mass is 426 g/mol. The first-order valence-electron chi connectivity index (χ1n) is 8.78. The Morgan fingerprint density at radius 1 is 1.25 bits per heavy atom. The Labute approximate surface area is 168 Å². The molecule has 9 heteroatoms. The van der Waals surface area contributed by atoms with Gasteiger partial charge in [-0.3, -0.25) is 9.52 Å². The smallest absolute Gasteiger partial charge is 0.261 e. The minimum Gasteiger partial charge on any atom is -0.396 e. The van der Waals surface area contributed by atoms with Gasteiger partial charge in [-0.25, -0.2) is 12.8 Å². The van der Waals surface area contributed by atoms with E-state index in [2.05, 4.69) is 4.72 Å². The zero-order valence-corrected chi connectivity index (χ0v) is 16.5. The molecule has 3 rings (SSSR count). The molecular formula is C19H20ClFN2O4S. The Bertz CT molecular complexity index is 966. The van der Waals surface area contributed by atoms with Crippen LogP contribution in [0, 0.1) is 11.7 Å². The number of anilines is 1. The second-order valence-electron chi connectivity index (χ2n) is 6.67. The van der Waals surface area contributed by atoms with Gasteiger partial charge in [0.1, 0.15) is 5.82 Å². The molecule has 0 spiro atoms. The van der Waals surface area contributed by atoms with Crippen LogP contribution in [-0.4, -0.2) is 44.0 Å². The Balaban J connectivity index is 1.80. The van der Waals surface area contributed by atoms with Crippen molar-refractivity contribution in [2.45, 2.75) is 17.7 Å². The summed E-state index contributed by atoms with van der Waals surface area (Å²) in [6.07, 6.45) is 1.47. The highest BCUT2D eigenvalue weighted by molar-refractivity contribution is 7.92. The number of nitrogens with zero attached hydrogens (tertiary/aromatic N) is 1. The molecule has 2 aromatic carbocycles. The van der Waals surface area contributed by atoms with Crippen molar-refractivity contribution in [2.24, 2.45) is 5.92 Å². The maximum Gasteiger partial charge on any atom is 0.261 e. The van der Waals surface area contributed by atoms with Gasteiger partial charge in [-0.05, 0) is 61.2 Å². The molecule has 6 nitrogen and oxygen atoms in total. The van der Waals surface area contributed by atoms with Crippen LogP contribution in [0.2, 0.25) is 5.02 Å². The lowest BCUT2D eigenvalue weighted by Crippen LogP contribution is -2.29. The Morgan fingerprint density at radius 2 is 1.96 bits per heavy atom. The van der Waals surface area contributed by atoms with Crippen LogP contribution >= 0.6 is 11.6 Å². The first kappa shape index (κ1) is 20.6. The predicted octanol–water partition coefficient (Wildman–Crippen LogP) is 3.12. The number of nitrogens with one attached hydrogen (secondary N) is 1. The molecule has 1 atom stereocenters. The number of rotatable bonds is 6. The van der Waals surface area contributed by atoms with E-state index in [4.69, 9.17) is 16.7 Å². The van der Waals surface area contributed by atoms with Gasteiger partial charge < -0.3 is 10.0 Å². The van der Waals surface area contributed by atoms with Gasteiger partial charge in [-0.15, -0.1) is 0 Å². The molecular weight excluding hydrogens is 407 g/mol. The van der Waals surface area contributed by atoms with E-state index in [0.29, 0.717) is 25.1 Å². The summed E-state index contributed by atoms with van der Waals surface area (Å²) in [5.74, 6) is -0.508. The van der Waals surface area contributed by atoms with E-state index in [0.717, 1.165) is 30.7 Å². The summed E-state index contributed by atoms with van der Waals surface area (Å²) in [6, 6.07) is 8.78. The Morgan fingerprint density at radius 3 is 2.64 bits per heavy atom. The van der Waals surface area contributed by atoms with Crippen LogP contribution < -0.4 is 4.72 Å².